The fourth-order valence-corrected chi connectivity index (χ4v) is 2.99. The molecule has 2 heterocycles. The van der Waals surface area contributed by atoms with Crippen LogP contribution in [0.5, 0.6) is 0 Å². The summed E-state index contributed by atoms with van der Waals surface area (Å²) in [4.78, 5) is 4.70. The van der Waals surface area contributed by atoms with Gasteiger partial charge in [-0.3, -0.25) is 0 Å². The molecule has 18 heavy (non-hydrogen) atoms. The molecule has 102 valence electrons. The maximum absolute atomic E-state index is 5.37. The number of nitrogens with one attached hydrogen (secondary N) is 1. The number of hydrogen-bond acceptors (Lipinski definition) is 4. The van der Waals surface area contributed by atoms with Gasteiger partial charge < -0.3 is 10.1 Å². The van der Waals surface area contributed by atoms with E-state index in [0.717, 1.165) is 32.2 Å². The number of ether oxygens (including phenoxy) is 1. The Bertz CT molecular complexity index is 364. The van der Waals surface area contributed by atoms with Crippen molar-refractivity contribution >= 4 is 11.3 Å². The molecule has 3 nitrogen and oxygen atoms in total. The zero-order chi connectivity index (χ0) is 13.0. The molecule has 1 aromatic heterocycles. The third-order valence-corrected chi connectivity index (χ3v) is 4.59. The molecule has 1 aliphatic rings. The Hall–Kier alpha value is -0.450. The Kier molecular flexibility index (Phi) is 4.76. The summed E-state index contributed by atoms with van der Waals surface area (Å²) in [6.45, 7) is 10.5. The number of nitrogens with zero attached hydrogens (tertiary/aromatic N) is 1. The third kappa shape index (κ3) is 4.04. The summed E-state index contributed by atoms with van der Waals surface area (Å²) in [6.07, 6.45) is 2.38. The van der Waals surface area contributed by atoms with Crippen molar-refractivity contribution in [3.63, 3.8) is 0 Å². The van der Waals surface area contributed by atoms with Crippen molar-refractivity contribution in [1.29, 1.82) is 0 Å². The summed E-state index contributed by atoms with van der Waals surface area (Å²) in [5, 5.41) is 6.93. The van der Waals surface area contributed by atoms with E-state index in [4.69, 9.17) is 9.72 Å². The molecular weight excluding hydrogens is 244 g/mol. The van der Waals surface area contributed by atoms with E-state index in [0.29, 0.717) is 0 Å². The van der Waals surface area contributed by atoms with Crippen LogP contribution in [-0.4, -0.2) is 24.7 Å². The van der Waals surface area contributed by atoms with Gasteiger partial charge in [0.2, 0.25) is 0 Å². The van der Waals surface area contributed by atoms with Gasteiger partial charge in [-0.25, -0.2) is 4.98 Å². The van der Waals surface area contributed by atoms with Crippen LogP contribution in [0.4, 0.5) is 0 Å². The highest BCUT2D eigenvalue weighted by Crippen LogP contribution is 2.25. The lowest BCUT2D eigenvalue weighted by Gasteiger charge is -2.22. The molecule has 0 aliphatic carbocycles. The Morgan fingerprint density at radius 2 is 2.11 bits per heavy atom. The molecule has 0 spiro atoms. The zero-order valence-corrected chi connectivity index (χ0v) is 12.5. The van der Waals surface area contributed by atoms with Crippen molar-refractivity contribution in [2.75, 3.05) is 19.8 Å². The summed E-state index contributed by atoms with van der Waals surface area (Å²) in [5.74, 6) is 0.777. The fourth-order valence-electron chi connectivity index (χ4n) is 2.09. The molecule has 0 bridgehead atoms. The molecule has 4 heteroatoms. The molecule has 1 fully saturated rings. The average molecular weight is 268 g/mol. The lowest BCUT2D eigenvalue weighted by Crippen LogP contribution is -2.27. The number of thiazole rings is 1. The summed E-state index contributed by atoms with van der Waals surface area (Å²) >= 11 is 1.77. The quantitative estimate of drug-likeness (QED) is 0.911. The molecule has 1 aliphatic heterocycles. The fraction of sp³-hybridized carbons (Fsp3) is 0.786. The van der Waals surface area contributed by atoms with Gasteiger partial charge in [0.05, 0.1) is 10.7 Å². The van der Waals surface area contributed by atoms with Crippen LogP contribution in [0, 0.1) is 5.92 Å². The summed E-state index contributed by atoms with van der Waals surface area (Å²) < 4.78 is 5.37. The topological polar surface area (TPSA) is 34.2 Å². The van der Waals surface area contributed by atoms with E-state index in [1.54, 1.807) is 11.3 Å². The Labute approximate surface area is 114 Å². The first-order valence-corrected chi connectivity index (χ1v) is 7.67. The zero-order valence-electron chi connectivity index (χ0n) is 11.7. The normalized spacial score (nSPS) is 18.2. The largest absolute Gasteiger partial charge is 0.381 e. The van der Waals surface area contributed by atoms with Crippen LogP contribution in [0.2, 0.25) is 0 Å². The number of hydrogen-bond donors (Lipinski definition) is 1. The summed E-state index contributed by atoms with van der Waals surface area (Å²) in [5.41, 5.74) is 1.35. The Morgan fingerprint density at radius 1 is 1.39 bits per heavy atom. The first-order chi connectivity index (χ1) is 8.55. The highest BCUT2D eigenvalue weighted by Gasteiger charge is 2.18. The molecule has 1 aromatic rings. The monoisotopic (exact) mass is 268 g/mol. The van der Waals surface area contributed by atoms with Crippen LogP contribution in [0.1, 0.15) is 44.3 Å². The van der Waals surface area contributed by atoms with Gasteiger partial charge in [0.1, 0.15) is 0 Å². The molecule has 0 saturated carbocycles. The van der Waals surface area contributed by atoms with Gasteiger partial charge in [-0.2, -0.15) is 0 Å². The van der Waals surface area contributed by atoms with Gasteiger partial charge in [-0.15, -0.1) is 11.3 Å². The number of aromatic nitrogens is 1. The second-order valence-electron chi connectivity index (χ2n) is 6.08. The maximum atomic E-state index is 5.37. The predicted molar refractivity (Wildman–Crippen MR) is 76.1 cm³/mol. The Balaban J connectivity index is 1.74. The highest BCUT2D eigenvalue weighted by molar-refractivity contribution is 7.09. The average Bonchev–Trinajstić information content (AvgIpc) is 2.79. The molecule has 0 radical (unpaired) electrons. The standard InChI is InChI=1S/C14H24N2OS/c1-14(2,3)13-16-12(10-18-13)9-15-8-11-4-6-17-7-5-11/h10-11,15H,4-9H2,1-3H3. The van der Waals surface area contributed by atoms with E-state index in [1.165, 1.54) is 23.5 Å². The maximum Gasteiger partial charge on any atom is 0.0982 e. The van der Waals surface area contributed by atoms with Crippen LogP contribution < -0.4 is 5.32 Å². The molecule has 0 atom stereocenters. The molecule has 2 rings (SSSR count). The SMILES string of the molecule is CC(C)(C)c1nc(CNCC2CCOCC2)cs1. The predicted octanol–water partition coefficient (Wildman–Crippen LogP) is 2.96. The molecule has 0 amide bonds. The molecule has 1 saturated heterocycles. The van der Waals surface area contributed by atoms with E-state index in [9.17, 15) is 0 Å². The van der Waals surface area contributed by atoms with Crippen LogP contribution >= 0.6 is 11.3 Å². The van der Waals surface area contributed by atoms with Gasteiger partial charge in [0.15, 0.2) is 0 Å². The lowest BCUT2D eigenvalue weighted by atomic mass is 9.98. The minimum atomic E-state index is 0.170. The third-order valence-electron chi connectivity index (χ3n) is 3.27. The second kappa shape index (κ2) is 6.13. The van der Waals surface area contributed by atoms with E-state index in [-0.39, 0.29) is 5.41 Å². The first kappa shape index (κ1) is 14.0. The van der Waals surface area contributed by atoms with E-state index in [2.05, 4.69) is 31.5 Å². The van der Waals surface area contributed by atoms with Crippen molar-refractivity contribution in [3.8, 4) is 0 Å². The van der Waals surface area contributed by atoms with Crippen molar-refractivity contribution in [2.45, 2.75) is 45.6 Å². The van der Waals surface area contributed by atoms with Gasteiger partial charge >= 0.3 is 0 Å². The molecular formula is C14H24N2OS. The minimum absolute atomic E-state index is 0.170. The molecule has 1 N–H and O–H groups in total. The Morgan fingerprint density at radius 3 is 2.72 bits per heavy atom. The van der Waals surface area contributed by atoms with Crippen LogP contribution in [-0.2, 0) is 16.7 Å². The van der Waals surface area contributed by atoms with Gasteiger partial charge in [0.25, 0.3) is 0 Å². The minimum Gasteiger partial charge on any atom is -0.381 e. The van der Waals surface area contributed by atoms with E-state index < -0.39 is 0 Å². The molecule has 0 aromatic carbocycles. The summed E-state index contributed by atoms with van der Waals surface area (Å²) in [7, 11) is 0. The van der Waals surface area contributed by atoms with Crippen molar-refractivity contribution in [2.24, 2.45) is 5.92 Å². The van der Waals surface area contributed by atoms with Gasteiger partial charge in [-0.1, -0.05) is 20.8 Å². The van der Waals surface area contributed by atoms with Crippen LogP contribution in [0.25, 0.3) is 0 Å². The first-order valence-electron chi connectivity index (χ1n) is 6.79. The van der Waals surface area contributed by atoms with Crippen LogP contribution in [0.3, 0.4) is 0 Å². The van der Waals surface area contributed by atoms with Crippen molar-refractivity contribution in [1.82, 2.24) is 10.3 Å². The molecule has 0 unspecified atom stereocenters. The van der Waals surface area contributed by atoms with E-state index in [1.807, 2.05) is 0 Å². The summed E-state index contributed by atoms with van der Waals surface area (Å²) in [6, 6.07) is 0. The van der Waals surface area contributed by atoms with Crippen molar-refractivity contribution < 1.29 is 4.74 Å². The smallest absolute Gasteiger partial charge is 0.0982 e. The highest BCUT2D eigenvalue weighted by atomic mass is 32.1. The van der Waals surface area contributed by atoms with Gasteiger partial charge in [0, 0.05) is 30.6 Å². The van der Waals surface area contributed by atoms with Crippen LogP contribution in [0.15, 0.2) is 5.38 Å². The lowest BCUT2D eigenvalue weighted by molar-refractivity contribution is 0.0662. The van der Waals surface area contributed by atoms with E-state index >= 15 is 0 Å². The number of rotatable bonds is 4. The van der Waals surface area contributed by atoms with Crippen molar-refractivity contribution in [3.05, 3.63) is 16.1 Å². The van der Waals surface area contributed by atoms with Gasteiger partial charge in [-0.05, 0) is 25.3 Å². The second-order valence-corrected chi connectivity index (χ2v) is 6.94.